The normalized spacial score (nSPS) is 14.7. The van der Waals surface area contributed by atoms with Crippen molar-refractivity contribution in [1.29, 1.82) is 5.26 Å². The molecule has 1 aromatic heterocycles. The predicted octanol–water partition coefficient (Wildman–Crippen LogP) is 4.00. The van der Waals surface area contributed by atoms with Gasteiger partial charge in [-0.05, 0) is 54.6 Å². The molecule has 1 amide bonds. The van der Waals surface area contributed by atoms with Gasteiger partial charge in [0.25, 0.3) is 5.91 Å². The molecule has 1 aliphatic heterocycles. The molecule has 1 aliphatic rings. The van der Waals surface area contributed by atoms with Crippen molar-refractivity contribution < 1.29 is 14.3 Å². The Bertz CT molecular complexity index is 1300. The van der Waals surface area contributed by atoms with Crippen molar-refractivity contribution in [3.8, 4) is 17.6 Å². The summed E-state index contributed by atoms with van der Waals surface area (Å²) in [6, 6.07) is 21.8. The first-order valence-electron chi connectivity index (χ1n) is 9.85. The second-order valence-corrected chi connectivity index (χ2v) is 7.27. The van der Waals surface area contributed by atoms with Crippen LogP contribution in [0.3, 0.4) is 0 Å². The number of carbonyl (C=O) groups excluding carboxylic acids is 1. The van der Waals surface area contributed by atoms with E-state index in [2.05, 4.69) is 16.5 Å². The first kappa shape index (κ1) is 18.7. The quantitative estimate of drug-likeness (QED) is 0.549. The maximum Gasteiger partial charge on any atom is 0.255 e. The Morgan fingerprint density at radius 2 is 1.94 bits per heavy atom. The van der Waals surface area contributed by atoms with Gasteiger partial charge in [0.2, 0.25) is 0 Å². The Balaban J connectivity index is 1.29. The first-order chi connectivity index (χ1) is 15.2. The van der Waals surface area contributed by atoms with Crippen LogP contribution in [-0.4, -0.2) is 28.4 Å². The minimum atomic E-state index is -0.222. The Kier molecular flexibility index (Phi) is 4.73. The number of hydrogen-bond donors (Lipinski definition) is 1. The zero-order valence-electron chi connectivity index (χ0n) is 16.5. The van der Waals surface area contributed by atoms with Crippen LogP contribution in [0.25, 0.3) is 10.9 Å². The van der Waals surface area contributed by atoms with Gasteiger partial charge < -0.3 is 14.8 Å². The summed E-state index contributed by atoms with van der Waals surface area (Å²) in [5.41, 5.74) is 2.51. The van der Waals surface area contributed by atoms with E-state index in [0.29, 0.717) is 30.0 Å². The molecule has 2 heterocycles. The molecule has 1 atom stereocenters. The van der Waals surface area contributed by atoms with Gasteiger partial charge in [-0.2, -0.15) is 10.4 Å². The summed E-state index contributed by atoms with van der Waals surface area (Å²) in [5.74, 6) is 1.26. The van der Waals surface area contributed by atoms with E-state index >= 15 is 0 Å². The van der Waals surface area contributed by atoms with Gasteiger partial charge >= 0.3 is 0 Å². The van der Waals surface area contributed by atoms with Crippen LogP contribution in [0.1, 0.15) is 15.9 Å². The molecule has 0 saturated carbocycles. The van der Waals surface area contributed by atoms with Crippen LogP contribution in [0, 0.1) is 11.3 Å². The molecule has 1 unspecified atom stereocenters. The third kappa shape index (κ3) is 3.91. The Labute approximate surface area is 178 Å². The summed E-state index contributed by atoms with van der Waals surface area (Å²) in [7, 11) is 0. The number of nitrogens with one attached hydrogen (secondary N) is 1. The summed E-state index contributed by atoms with van der Waals surface area (Å²) in [6.07, 6.45) is 1.75. The Hall–Kier alpha value is -4.31. The van der Waals surface area contributed by atoms with E-state index in [-0.39, 0.29) is 12.0 Å². The third-order valence-electron chi connectivity index (χ3n) is 5.04. The van der Waals surface area contributed by atoms with E-state index in [1.54, 1.807) is 30.3 Å². The van der Waals surface area contributed by atoms with Crippen molar-refractivity contribution in [3.63, 3.8) is 0 Å². The van der Waals surface area contributed by atoms with E-state index in [1.165, 1.54) is 0 Å². The molecule has 3 aromatic carbocycles. The molecule has 0 fully saturated rings. The van der Waals surface area contributed by atoms with Crippen molar-refractivity contribution in [1.82, 2.24) is 9.78 Å². The number of ether oxygens (including phenoxy) is 2. The van der Waals surface area contributed by atoms with Gasteiger partial charge in [0.1, 0.15) is 6.61 Å². The highest BCUT2D eigenvalue weighted by Gasteiger charge is 2.21. The second-order valence-electron chi connectivity index (χ2n) is 7.27. The first-order valence-corrected chi connectivity index (χ1v) is 9.85. The number of hydrogen-bond acceptors (Lipinski definition) is 5. The molecule has 0 aliphatic carbocycles. The summed E-state index contributed by atoms with van der Waals surface area (Å²) < 4.78 is 13.6. The molecule has 152 valence electrons. The van der Waals surface area contributed by atoms with Gasteiger partial charge in [-0.1, -0.05) is 12.1 Å². The largest absolute Gasteiger partial charge is 0.486 e. The molecular formula is C24H18N4O3. The van der Waals surface area contributed by atoms with Crippen molar-refractivity contribution >= 4 is 22.5 Å². The number of fused-ring (bicyclic) bond motifs is 2. The number of rotatable bonds is 4. The van der Waals surface area contributed by atoms with E-state index in [1.807, 2.05) is 47.3 Å². The van der Waals surface area contributed by atoms with Crippen molar-refractivity contribution in [2.75, 3.05) is 11.9 Å². The van der Waals surface area contributed by atoms with Crippen LogP contribution in [0.5, 0.6) is 11.5 Å². The third-order valence-corrected chi connectivity index (χ3v) is 5.04. The standard InChI is InChI=1S/C24H18N4O3/c25-12-16-5-8-19(9-6-16)26-24(29)17-7-10-21-18(11-17)13-28(27-21)14-20-15-30-22-3-1-2-4-23(22)31-20/h1-11,13,20H,14-15H2,(H,26,29). The average Bonchev–Trinajstić information content (AvgIpc) is 3.21. The van der Waals surface area contributed by atoms with Crippen molar-refractivity contribution in [2.24, 2.45) is 0 Å². The van der Waals surface area contributed by atoms with E-state index in [0.717, 1.165) is 22.4 Å². The lowest BCUT2D eigenvalue weighted by Gasteiger charge is -2.26. The molecule has 31 heavy (non-hydrogen) atoms. The van der Waals surface area contributed by atoms with E-state index in [9.17, 15) is 4.79 Å². The number of aromatic nitrogens is 2. The van der Waals surface area contributed by atoms with E-state index in [4.69, 9.17) is 14.7 Å². The molecule has 0 bridgehead atoms. The van der Waals surface area contributed by atoms with Gasteiger partial charge in [-0.15, -0.1) is 0 Å². The summed E-state index contributed by atoms with van der Waals surface area (Å²) in [4.78, 5) is 12.6. The van der Waals surface area contributed by atoms with Crippen LogP contribution in [0.2, 0.25) is 0 Å². The number of anilines is 1. The fourth-order valence-electron chi connectivity index (χ4n) is 3.50. The lowest BCUT2D eigenvalue weighted by molar-refractivity contribution is 0.0760. The number of amides is 1. The molecule has 0 saturated heterocycles. The van der Waals surface area contributed by atoms with Crippen LogP contribution >= 0.6 is 0 Å². The molecule has 7 nitrogen and oxygen atoms in total. The Morgan fingerprint density at radius 3 is 2.74 bits per heavy atom. The number of nitriles is 1. The predicted molar refractivity (Wildman–Crippen MR) is 115 cm³/mol. The van der Waals surface area contributed by atoms with Crippen LogP contribution < -0.4 is 14.8 Å². The smallest absolute Gasteiger partial charge is 0.255 e. The number of para-hydroxylation sites is 2. The van der Waals surface area contributed by atoms with Crippen molar-refractivity contribution in [2.45, 2.75) is 12.6 Å². The summed E-state index contributed by atoms with van der Waals surface area (Å²) in [5, 5.41) is 17.2. The zero-order chi connectivity index (χ0) is 21.2. The van der Waals surface area contributed by atoms with Crippen LogP contribution in [0.4, 0.5) is 5.69 Å². The lowest BCUT2D eigenvalue weighted by Crippen LogP contribution is -2.33. The second kappa shape index (κ2) is 7.84. The highest BCUT2D eigenvalue weighted by Crippen LogP contribution is 2.31. The fraction of sp³-hybridized carbons (Fsp3) is 0.125. The van der Waals surface area contributed by atoms with Gasteiger partial charge in [0.05, 0.1) is 23.7 Å². The monoisotopic (exact) mass is 410 g/mol. The van der Waals surface area contributed by atoms with Gasteiger partial charge in [0, 0.05) is 22.8 Å². The lowest BCUT2D eigenvalue weighted by atomic mass is 10.1. The highest BCUT2D eigenvalue weighted by atomic mass is 16.6. The maximum absolute atomic E-state index is 12.6. The molecule has 4 aromatic rings. The summed E-state index contributed by atoms with van der Waals surface area (Å²) in [6.45, 7) is 0.987. The number of nitrogens with zero attached hydrogens (tertiary/aromatic N) is 3. The number of benzene rings is 3. The molecule has 0 spiro atoms. The van der Waals surface area contributed by atoms with Crippen LogP contribution in [0.15, 0.2) is 72.9 Å². The maximum atomic E-state index is 12.6. The minimum absolute atomic E-state index is 0.150. The minimum Gasteiger partial charge on any atom is -0.486 e. The molecule has 7 heteroatoms. The zero-order valence-corrected chi connectivity index (χ0v) is 16.5. The van der Waals surface area contributed by atoms with E-state index < -0.39 is 0 Å². The molecule has 1 N–H and O–H groups in total. The SMILES string of the molecule is N#Cc1ccc(NC(=O)c2ccc3nn(CC4COc5ccccc5O4)cc3c2)cc1. The van der Waals surface area contributed by atoms with Gasteiger partial charge in [0.15, 0.2) is 17.6 Å². The number of carbonyl (C=O) groups is 1. The fourth-order valence-corrected chi connectivity index (χ4v) is 3.50. The molecular weight excluding hydrogens is 392 g/mol. The topological polar surface area (TPSA) is 89.2 Å². The molecule has 0 radical (unpaired) electrons. The summed E-state index contributed by atoms with van der Waals surface area (Å²) >= 11 is 0. The Morgan fingerprint density at radius 1 is 1.13 bits per heavy atom. The van der Waals surface area contributed by atoms with Crippen LogP contribution in [-0.2, 0) is 6.54 Å². The highest BCUT2D eigenvalue weighted by molar-refractivity contribution is 6.06. The molecule has 5 rings (SSSR count). The van der Waals surface area contributed by atoms with Gasteiger partial charge in [-0.3, -0.25) is 9.48 Å². The average molecular weight is 410 g/mol. The van der Waals surface area contributed by atoms with Gasteiger partial charge in [-0.25, -0.2) is 0 Å². The van der Waals surface area contributed by atoms with Crippen molar-refractivity contribution in [3.05, 3.63) is 84.1 Å².